The number of carbonyl (C=O) groups is 1. The van der Waals surface area contributed by atoms with Gasteiger partial charge >= 0.3 is 0 Å². The van der Waals surface area contributed by atoms with Gasteiger partial charge in [0.15, 0.2) is 0 Å². The minimum absolute atomic E-state index is 0.0183. The van der Waals surface area contributed by atoms with Crippen molar-refractivity contribution < 1.29 is 4.79 Å². The van der Waals surface area contributed by atoms with Gasteiger partial charge in [0.05, 0.1) is 10.3 Å². The average molecular weight is 293 g/mol. The molecule has 2 aromatic rings. The average Bonchev–Trinajstić information content (AvgIpc) is 2.74. The molecule has 5 nitrogen and oxygen atoms in total. The van der Waals surface area contributed by atoms with E-state index >= 15 is 0 Å². The van der Waals surface area contributed by atoms with Crippen LogP contribution in [0.5, 0.6) is 0 Å². The first-order valence-electron chi connectivity index (χ1n) is 6.68. The normalized spacial score (nSPS) is 11.1. The summed E-state index contributed by atoms with van der Waals surface area (Å²) in [6.07, 6.45) is 0. The number of hydrogen-bond donors (Lipinski definition) is 0. The molecule has 0 radical (unpaired) electrons. The lowest BCUT2D eigenvalue weighted by molar-refractivity contribution is 0.0777. The molecule has 0 atom stereocenters. The lowest BCUT2D eigenvalue weighted by atomic mass is 10.2. The Morgan fingerprint density at radius 3 is 2.45 bits per heavy atom. The second kappa shape index (κ2) is 5.36. The monoisotopic (exact) mass is 293 g/mol. The summed E-state index contributed by atoms with van der Waals surface area (Å²) in [6.45, 7) is 8.84. The summed E-state index contributed by atoms with van der Waals surface area (Å²) in [6, 6.07) is 0. The number of amides is 1. The van der Waals surface area contributed by atoms with Gasteiger partial charge < -0.3 is 4.90 Å². The largest absolute Gasteiger partial charge is 0.338 e. The second-order valence-electron chi connectivity index (χ2n) is 4.74. The van der Waals surface area contributed by atoms with Crippen molar-refractivity contribution in [2.24, 2.45) is 7.05 Å². The maximum atomic E-state index is 12.5. The topological polar surface area (TPSA) is 55.2 Å². The van der Waals surface area contributed by atoms with Gasteiger partial charge in [-0.2, -0.15) is 0 Å². The number of rotatable bonds is 3. The van der Waals surface area contributed by atoms with Crippen molar-refractivity contribution in [3.05, 3.63) is 26.6 Å². The Morgan fingerprint density at radius 2 is 1.90 bits per heavy atom. The number of aromatic nitrogens is 2. The van der Waals surface area contributed by atoms with Crippen molar-refractivity contribution in [2.45, 2.75) is 27.7 Å². The highest BCUT2D eigenvalue weighted by atomic mass is 32.1. The third-order valence-electron chi connectivity index (χ3n) is 3.64. The molecule has 0 aromatic carbocycles. The fourth-order valence-corrected chi connectivity index (χ4v) is 3.41. The van der Waals surface area contributed by atoms with Crippen molar-refractivity contribution in [1.29, 1.82) is 0 Å². The summed E-state index contributed by atoms with van der Waals surface area (Å²) >= 11 is 1.31. The maximum absolute atomic E-state index is 12.5. The standard InChI is InChI=1S/C14H19N3O2S/c1-6-17(7-2)14(19)11-8(3)10-12(20-11)15-9(4)16(5)13(10)18/h6-7H2,1-5H3. The molecule has 2 rings (SSSR count). The van der Waals surface area contributed by atoms with E-state index in [9.17, 15) is 9.59 Å². The highest BCUT2D eigenvalue weighted by Crippen LogP contribution is 2.28. The summed E-state index contributed by atoms with van der Waals surface area (Å²) in [5.41, 5.74) is 0.662. The van der Waals surface area contributed by atoms with Crippen LogP contribution in [0.2, 0.25) is 0 Å². The zero-order chi connectivity index (χ0) is 15.0. The van der Waals surface area contributed by atoms with Gasteiger partial charge in [0.25, 0.3) is 11.5 Å². The summed E-state index contributed by atoms with van der Waals surface area (Å²) in [4.78, 5) is 32.3. The highest BCUT2D eigenvalue weighted by Gasteiger charge is 2.22. The van der Waals surface area contributed by atoms with Crippen LogP contribution in [0.4, 0.5) is 0 Å². The Hall–Kier alpha value is -1.69. The molecule has 0 unspecified atom stereocenters. The Kier molecular flexibility index (Phi) is 3.94. The molecule has 1 amide bonds. The summed E-state index contributed by atoms with van der Waals surface area (Å²) in [7, 11) is 1.70. The predicted octanol–water partition coefficient (Wildman–Crippen LogP) is 2.09. The van der Waals surface area contributed by atoms with E-state index in [2.05, 4.69) is 4.98 Å². The summed E-state index contributed by atoms with van der Waals surface area (Å²) in [5, 5.41) is 0.568. The van der Waals surface area contributed by atoms with E-state index in [1.807, 2.05) is 20.8 Å². The first kappa shape index (κ1) is 14.7. The number of hydrogen-bond acceptors (Lipinski definition) is 4. The van der Waals surface area contributed by atoms with Crippen molar-refractivity contribution in [1.82, 2.24) is 14.5 Å². The van der Waals surface area contributed by atoms with Gasteiger partial charge in [-0.05, 0) is 33.3 Å². The molecule has 0 fully saturated rings. The molecule has 2 heterocycles. The molecule has 0 spiro atoms. The molecule has 0 saturated heterocycles. The van der Waals surface area contributed by atoms with Gasteiger partial charge in [-0.1, -0.05) is 0 Å². The second-order valence-corrected chi connectivity index (χ2v) is 5.74. The highest BCUT2D eigenvalue weighted by molar-refractivity contribution is 7.20. The molecule has 108 valence electrons. The van der Waals surface area contributed by atoms with E-state index in [0.717, 1.165) is 5.56 Å². The Balaban J connectivity index is 2.69. The van der Waals surface area contributed by atoms with Gasteiger partial charge in [0.1, 0.15) is 10.7 Å². The third-order valence-corrected chi connectivity index (χ3v) is 4.81. The molecule has 0 aliphatic heterocycles. The van der Waals surface area contributed by atoms with E-state index in [4.69, 9.17) is 0 Å². The van der Waals surface area contributed by atoms with Gasteiger partial charge in [-0.25, -0.2) is 4.98 Å². The smallest absolute Gasteiger partial charge is 0.264 e. The van der Waals surface area contributed by atoms with Crippen molar-refractivity contribution in [2.75, 3.05) is 13.1 Å². The molecule has 2 aromatic heterocycles. The quantitative estimate of drug-likeness (QED) is 0.870. The summed E-state index contributed by atoms with van der Waals surface area (Å²) in [5.74, 6) is 0.640. The molecule has 0 bridgehead atoms. The van der Waals surface area contributed by atoms with E-state index < -0.39 is 0 Å². The van der Waals surface area contributed by atoms with Crippen LogP contribution in [-0.2, 0) is 7.05 Å². The molecule has 6 heteroatoms. The summed E-state index contributed by atoms with van der Waals surface area (Å²) < 4.78 is 1.52. The predicted molar refractivity (Wildman–Crippen MR) is 81.6 cm³/mol. The lowest BCUT2D eigenvalue weighted by Crippen LogP contribution is -2.30. The zero-order valence-corrected chi connectivity index (χ0v) is 13.3. The van der Waals surface area contributed by atoms with Gasteiger partial charge in [-0.15, -0.1) is 11.3 Å². The molecule has 0 N–H and O–H groups in total. The molecule has 0 saturated carbocycles. The zero-order valence-electron chi connectivity index (χ0n) is 12.5. The van der Waals surface area contributed by atoms with Crippen LogP contribution in [0.25, 0.3) is 10.2 Å². The molecular weight excluding hydrogens is 274 g/mol. The molecule has 0 aliphatic carbocycles. The minimum atomic E-state index is -0.0835. The van der Waals surface area contributed by atoms with Gasteiger partial charge in [0.2, 0.25) is 0 Å². The fraction of sp³-hybridized carbons (Fsp3) is 0.500. The van der Waals surface area contributed by atoms with Crippen LogP contribution in [0.15, 0.2) is 4.79 Å². The van der Waals surface area contributed by atoms with Crippen LogP contribution in [0.1, 0.15) is 34.9 Å². The van der Waals surface area contributed by atoms with Gasteiger partial charge in [0, 0.05) is 20.1 Å². The Morgan fingerprint density at radius 1 is 1.30 bits per heavy atom. The van der Waals surface area contributed by atoms with Crippen molar-refractivity contribution in [3.63, 3.8) is 0 Å². The van der Waals surface area contributed by atoms with E-state index in [0.29, 0.717) is 34.0 Å². The molecule has 0 aliphatic rings. The number of aryl methyl sites for hydroxylation is 2. The SMILES string of the molecule is CCN(CC)C(=O)c1sc2nc(C)n(C)c(=O)c2c1C. The van der Waals surface area contributed by atoms with Crippen LogP contribution in [0.3, 0.4) is 0 Å². The van der Waals surface area contributed by atoms with Crippen LogP contribution in [0, 0.1) is 13.8 Å². The first-order chi connectivity index (χ1) is 9.42. The Bertz CT molecular complexity index is 726. The lowest BCUT2D eigenvalue weighted by Gasteiger charge is -2.17. The van der Waals surface area contributed by atoms with E-state index in [-0.39, 0.29) is 11.5 Å². The van der Waals surface area contributed by atoms with Crippen LogP contribution >= 0.6 is 11.3 Å². The van der Waals surface area contributed by atoms with E-state index in [1.165, 1.54) is 15.9 Å². The molecule has 20 heavy (non-hydrogen) atoms. The molecular formula is C14H19N3O2S. The van der Waals surface area contributed by atoms with E-state index in [1.54, 1.807) is 18.9 Å². The van der Waals surface area contributed by atoms with Crippen LogP contribution in [-0.4, -0.2) is 33.4 Å². The number of nitrogens with zero attached hydrogens (tertiary/aromatic N) is 3. The van der Waals surface area contributed by atoms with Gasteiger partial charge in [-0.3, -0.25) is 14.2 Å². The van der Waals surface area contributed by atoms with Crippen molar-refractivity contribution in [3.8, 4) is 0 Å². The maximum Gasteiger partial charge on any atom is 0.264 e. The fourth-order valence-electron chi connectivity index (χ4n) is 2.22. The number of fused-ring (bicyclic) bond motifs is 1. The first-order valence-corrected chi connectivity index (χ1v) is 7.49. The minimum Gasteiger partial charge on any atom is -0.338 e. The Labute approximate surface area is 121 Å². The third kappa shape index (κ3) is 2.14. The van der Waals surface area contributed by atoms with Crippen molar-refractivity contribution >= 4 is 27.5 Å². The van der Waals surface area contributed by atoms with Crippen LogP contribution < -0.4 is 5.56 Å². The number of thiophene rings is 1. The number of carbonyl (C=O) groups excluding carboxylic acids is 1.